The summed E-state index contributed by atoms with van der Waals surface area (Å²) in [6, 6.07) is 0. The molecule has 1 saturated carbocycles. The summed E-state index contributed by atoms with van der Waals surface area (Å²) in [6.07, 6.45) is 4.12. The molecule has 82 valence electrons. The average molecular weight is 197 g/mol. The highest BCUT2D eigenvalue weighted by molar-refractivity contribution is 5.82. The summed E-state index contributed by atoms with van der Waals surface area (Å²) < 4.78 is 0. The van der Waals surface area contributed by atoms with Gasteiger partial charge in [0.2, 0.25) is 0 Å². The quantitative estimate of drug-likeness (QED) is 0.651. The molecule has 1 aliphatic carbocycles. The van der Waals surface area contributed by atoms with Gasteiger partial charge in [0.25, 0.3) is 0 Å². The monoisotopic (exact) mass is 197 g/mol. The lowest BCUT2D eigenvalue weighted by molar-refractivity contribution is -0.123. The van der Waals surface area contributed by atoms with Crippen LogP contribution in [0.3, 0.4) is 0 Å². The van der Waals surface area contributed by atoms with Crippen molar-refractivity contribution in [3.63, 3.8) is 0 Å². The van der Waals surface area contributed by atoms with Crippen LogP contribution in [0.25, 0.3) is 0 Å². The van der Waals surface area contributed by atoms with E-state index in [4.69, 9.17) is 0 Å². The van der Waals surface area contributed by atoms with Crippen LogP contribution in [-0.4, -0.2) is 30.3 Å². The first kappa shape index (κ1) is 11.7. The van der Waals surface area contributed by atoms with E-state index in [1.807, 2.05) is 13.8 Å². The summed E-state index contributed by atoms with van der Waals surface area (Å²) in [6.45, 7) is 8.92. The largest absolute Gasteiger partial charge is 0.298 e. The van der Waals surface area contributed by atoms with Gasteiger partial charge in [-0.15, -0.1) is 0 Å². The van der Waals surface area contributed by atoms with Crippen molar-refractivity contribution in [2.75, 3.05) is 19.6 Å². The van der Waals surface area contributed by atoms with Crippen LogP contribution in [0.15, 0.2) is 0 Å². The van der Waals surface area contributed by atoms with Crippen LogP contribution < -0.4 is 0 Å². The molecule has 0 aliphatic heterocycles. The zero-order chi connectivity index (χ0) is 10.6. The Balaban J connectivity index is 2.26. The fraction of sp³-hybridized carbons (Fsp3) is 0.917. The maximum atomic E-state index is 11.6. The van der Waals surface area contributed by atoms with Crippen LogP contribution in [0.1, 0.15) is 40.0 Å². The Morgan fingerprint density at radius 1 is 1.43 bits per heavy atom. The van der Waals surface area contributed by atoms with E-state index in [9.17, 15) is 4.79 Å². The first-order chi connectivity index (χ1) is 6.63. The van der Waals surface area contributed by atoms with Gasteiger partial charge in [0.05, 0.1) is 6.54 Å². The fourth-order valence-corrected chi connectivity index (χ4v) is 1.75. The van der Waals surface area contributed by atoms with E-state index in [-0.39, 0.29) is 5.92 Å². The van der Waals surface area contributed by atoms with Crippen molar-refractivity contribution >= 4 is 5.78 Å². The van der Waals surface area contributed by atoms with Crippen molar-refractivity contribution < 1.29 is 4.79 Å². The van der Waals surface area contributed by atoms with Crippen molar-refractivity contribution in [3.05, 3.63) is 0 Å². The fourth-order valence-electron chi connectivity index (χ4n) is 1.75. The maximum absolute atomic E-state index is 11.6. The van der Waals surface area contributed by atoms with Crippen molar-refractivity contribution in [3.8, 4) is 0 Å². The van der Waals surface area contributed by atoms with Crippen molar-refractivity contribution in [1.29, 1.82) is 0 Å². The molecule has 1 aliphatic rings. The third kappa shape index (κ3) is 3.41. The molecule has 0 saturated heterocycles. The Morgan fingerprint density at radius 3 is 2.43 bits per heavy atom. The van der Waals surface area contributed by atoms with Gasteiger partial charge in [-0.2, -0.15) is 0 Å². The number of carbonyl (C=O) groups excluding carboxylic acids is 1. The summed E-state index contributed by atoms with van der Waals surface area (Å²) in [4.78, 5) is 13.9. The van der Waals surface area contributed by atoms with Crippen LogP contribution in [0.2, 0.25) is 0 Å². The molecule has 0 N–H and O–H groups in total. The zero-order valence-electron chi connectivity index (χ0n) is 9.75. The third-order valence-corrected chi connectivity index (χ3v) is 3.21. The number of likely N-dealkylation sites (N-methyl/N-ethyl adjacent to an activating group) is 1. The molecule has 0 radical (unpaired) electrons. The highest BCUT2D eigenvalue weighted by Gasteiger charge is 2.21. The van der Waals surface area contributed by atoms with Gasteiger partial charge in [-0.3, -0.25) is 9.69 Å². The van der Waals surface area contributed by atoms with Gasteiger partial charge in [0, 0.05) is 12.5 Å². The van der Waals surface area contributed by atoms with Crippen LogP contribution >= 0.6 is 0 Å². The summed E-state index contributed by atoms with van der Waals surface area (Å²) in [7, 11) is 0. The number of hydrogen-bond acceptors (Lipinski definition) is 2. The SMILES string of the molecule is CCN(CC(=O)C(C)C)CC1CCC1. The van der Waals surface area contributed by atoms with E-state index >= 15 is 0 Å². The van der Waals surface area contributed by atoms with Gasteiger partial charge in [-0.25, -0.2) is 0 Å². The minimum Gasteiger partial charge on any atom is -0.298 e. The average Bonchev–Trinajstić information content (AvgIpc) is 2.08. The summed E-state index contributed by atoms with van der Waals surface area (Å²) >= 11 is 0. The molecule has 0 aromatic rings. The number of nitrogens with zero attached hydrogens (tertiary/aromatic N) is 1. The second-order valence-electron chi connectivity index (χ2n) is 4.75. The normalized spacial score (nSPS) is 17.5. The summed E-state index contributed by atoms with van der Waals surface area (Å²) in [5, 5.41) is 0. The van der Waals surface area contributed by atoms with Crippen molar-refractivity contribution in [2.45, 2.75) is 40.0 Å². The second kappa shape index (κ2) is 5.50. The number of Topliss-reactive ketones (excluding diaryl/α,β-unsaturated/α-hetero) is 1. The van der Waals surface area contributed by atoms with Gasteiger partial charge >= 0.3 is 0 Å². The molecule has 0 aromatic carbocycles. The van der Waals surface area contributed by atoms with E-state index in [1.165, 1.54) is 19.3 Å². The van der Waals surface area contributed by atoms with Gasteiger partial charge in [-0.1, -0.05) is 27.2 Å². The van der Waals surface area contributed by atoms with Gasteiger partial charge < -0.3 is 0 Å². The Morgan fingerprint density at radius 2 is 2.07 bits per heavy atom. The molecule has 0 bridgehead atoms. The first-order valence-electron chi connectivity index (χ1n) is 5.88. The molecular formula is C12H23NO. The number of carbonyl (C=O) groups is 1. The van der Waals surface area contributed by atoms with Gasteiger partial charge in [-0.05, 0) is 25.3 Å². The Bertz CT molecular complexity index is 185. The molecular weight excluding hydrogens is 174 g/mol. The molecule has 0 unspecified atom stereocenters. The smallest absolute Gasteiger partial charge is 0.149 e. The van der Waals surface area contributed by atoms with E-state index in [2.05, 4.69) is 11.8 Å². The first-order valence-corrected chi connectivity index (χ1v) is 5.88. The van der Waals surface area contributed by atoms with Gasteiger partial charge in [0.15, 0.2) is 0 Å². The van der Waals surface area contributed by atoms with Crippen LogP contribution in [0.4, 0.5) is 0 Å². The molecule has 1 fully saturated rings. The number of rotatable bonds is 6. The van der Waals surface area contributed by atoms with E-state index in [0.717, 1.165) is 19.0 Å². The molecule has 0 atom stereocenters. The van der Waals surface area contributed by atoms with Crippen LogP contribution in [0, 0.1) is 11.8 Å². The molecule has 0 aromatic heterocycles. The van der Waals surface area contributed by atoms with Gasteiger partial charge in [0.1, 0.15) is 5.78 Å². The standard InChI is InChI=1S/C12H23NO/c1-4-13(8-11-6-5-7-11)9-12(14)10(2)3/h10-11H,4-9H2,1-3H3. The topological polar surface area (TPSA) is 20.3 Å². The lowest BCUT2D eigenvalue weighted by atomic mass is 9.85. The van der Waals surface area contributed by atoms with E-state index < -0.39 is 0 Å². The van der Waals surface area contributed by atoms with Crippen molar-refractivity contribution in [1.82, 2.24) is 4.90 Å². The van der Waals surface area contributed by atoms with Crippen molar-refractivity contribution in [2.24, 2.45) is 11.8 Å². The third-order valence-electron chi connectivity index (χ3n) is 3.21. The minimum atomic E-state index is 0.186. The predicted molar refractivity (Wildman–Crippen MR) is 59.3 cm³/mol. The second-order valence-corrected chi connectivity index (χ2v) is 4.75. The molecule has 0 amide bonds. The summed E-state index contributed by atoms with van der Waals surface area (Å²) in [5.41, 5.74) is 0. The lowest BCUT2D eigenvalue weighted by Crippen LogP contribution is -2.37. The van der Waals surface area contributed by atoms with E-state index in [0.29, 0.717) is 12.3 Å². The van der Waals surface area contributed by atoms with Crippen LogP contribution in [-0.2, 0) is 4.79 Å². The Kier molecular flexibility index (Phi) is 4.59. The Hall–Kier alpha value is -0.370. The Labute approximate surface area is 87.7 Å². The minimum absolute atomic E-state index is 0.186. The molecule has 2 nitrogen and oxygen atoms in total. The molecule has 0 heterocycles. The van der Waals surface area contributed by atoms with E-state index in [1.54, 1.807) is 0 Å². The molecule has 0 spiro atoms. The molecule has 14 heavy (non-hydrogen) atoms. The highest BCUT2D eigenvalue weighted by atomic mass is 16.1. The predicted octanol–water partition coefficient (Wildman–Crippen LogP) is 2.33. The van der Waals surface area contributed by atoms with Crippen LogP contribution in [0.5, 0.6) is 0 Å². The maximum Gasteiger partial charge on any atom is 0.149 e. The number of ketones is 1. The summed E-state index contributed by atoms with van der Waals surface area (Å²) in [5.74, 6) is 1.44. The zero-order valence-corrected chi connectivity index (χ0v) is 9.75. The highest BCUT2D eigenvalue weighted by Crippen LogP contribution is 2.26. The molecule has 2 heteroatoms. The number of hydrogen-bond donors (Lipinski definition) is 0. The lowest BCUT2D eigenvalue weighted by Gasteiger charge is -2.31. The molecule has 1 rings (SSSR count).